The maximum Gasteiger partial charge on any atom is 0.274 e. The minimum absolute atomic E-state index is 0.0678. The molecule has 0 aliphatic heterocycles. The van der Waals surface area contributed by atoms with Crippen molar-refractivity contribution in [2.75, 3.05) is 0 Å². The highest BCUT2D eigenvalue weighted by Gasteiger charge is 2.26. The lowest BCUT2D eigenvalue weighted by atomic mass is 9.89. The van der Waals surface area contributed by atoms with Crippen molar-refractivity contribution in [2.24, 2.45) is 5.73 Å². The van der Waals surface area contributed by atoms with Crippen LogP contribution < -0.4 is 10.5 Å². The van der Waals surface area contributed by atoms with Crippen LogP contribution in [0.2, 0.25) is 0 Å². The van der Waals surface area contributed by atoms with Gasteiger partial charge in [-0.2, -0.15) is 0 Å². The van der Waals surface area contributed by atoms with E-state index in [0.717, 1.165) is 12.8 Å². The molecule has 1 aliphatic rings. The Labute approximate surface area is 124 Å². The topological polar surface area (TPSA) is 85.3 Å². The van der Waals surface area contributed by atoms with Gasteiger partial charge in [0, 0.05) is 6.04 Å². The molecule has 21 heavy (non-hydrogen) atoms. The van der Waals surface area contributed by atoms with Crippen LogP contribution >= 0.6 is 0 Å². The Morgan fingerprint density at radius 3 is 2.67 bits per heavy atom. The van der Waals surface area contributed by atoms with E-state index in [-0.39, 0.29) is 17.7 Å². The van der Waals surface area contributed by atoms with Gasteiger partial charge in [0.05, 0.1) is 6.54 Å². The Bertz CT molecular complexity index is 737. The number of hydrogen-bond donors (Lipinski definition) is 2. The summed E-state index contributed by atoms with van der Waals surface area (Å²) >= 11 is 0. The number of rotatable bonds is 4. The maximum absolute atomic E-state index is 12.3. The molecule has 0 amide bonds. The standard InChI is InChI=1S/C15H18N2O3S/c16-10-14-7-8-15(20-14)21(18,19)17-13-6-5-11-3-1-2-4-12(11)9-13/h1-4,7-8,13,17H,5-6,9-10,16H2. The summed E-state index contributed by atoms with van der Waals surface area (Å²) in [7, 11) is -3.62. The van der Waals surface area contributed by atoms with Crippen LogP contribution in [0, 0.1) is 0 Å². The van der Waals surface area contributed by atoms with Gasteiger partial charge in [-0.1, -0.05) is 24.3 Å². The summed E-state index contributed by atoms with van der Waals surface area (Å²) in [6.07, 6.45) is 2.39. The van der Waals surface area contributed by atoms with Crippen LogP contribution in [0.4, 0.5) is 0 Å². The van der Waals surface area contributed by atoms with Crippen LogP contribution in [-0.4, -0.2) is 14.5 Å². The predicted octanol–water partition coefficient (Wildman–Crippen LogP) is 1.57. The molecule has 1 aliphatic carbocycles. The van der Waals surface area contributed by atoms with Crippen molar-refractivity contribution in [3.63, 3.8) is 0 Å². The average molecular weight is 306 g/mol. The number of aryl methyl sites for hydroxylation is 1. The molecule has 1 atom stereocenters. The van der Waals surface area contributed by atoms with E-state index < -0.39 is 10.0 Å². The van der Waals surface area contributed by atoms with Crippen molar-refractivity contribution in [3.8, 4) is 0 Å². The van der Waals surface area contributed by atoms with Crippen molar-refractivity contribution >= 4 is 10.0 Å². The number of sulfonamides is 1. The first-order valence-electron chi connectivity index (χ1n) is 6.96. The first kappa shape index (κ1) is 14.3. The third-order valence-electron chi connectivity index (χ3n) is 3.77. The van der Waals surface area contributed by atoms with Crippen LogP contribution in [0.5, 0.6) is 0 Å². The van der Waals surface area contributed by atoms with Crippen molar-refractivity contribution in [1.29, 1.82) is 0 Å². The molecular formula is C15H18N2O3S. The van der Waals surface area contributed by atoms with Gasteiger partial charge in [0.2, 0.25) is 5.09 Å². The molecule has 0 radical (unpaired) electrons. The molecule has 1 heterocycles. The molecule has 112 valence electrons. The van der Waals surface area contributed by atoms with Gasteiger partial charge >= 0.3 is 0 Å². The maximum atomic E-state index is 12.3. The van der Waals surface area contributed by atoms with E-state index in [1.165, 1.54) is 17.2 Å². The molecule has 1 aromatic heterocycles. The lowest BCUT2D eigenvalue weighted by Crippen LogP contribution is -2.38. The summed E-state index contributed by atoms with van der Waals surface area (Å²) in [5, 5.41) is -0.0678. The zero-order valence-electron chi connectivity index (χ0n) is 11.6. The third-order valence-corrected chi connectivity index (χ3v) is 5.16. The van der Waals surface area contributed by atoms with Gasteiger partial charge in [0.1, 0.15) is 5.76 Å². The molecule has 1 unspecified atom stereocenters. The van der Waals surface area contributed by atoms with Gasteiger partial charge in [-0.3, -0.25) is 0 Å². The summed E-state index contributed by atoms with van der Waals surface area (Å²) in [5.41, 5.74) is 7.94. The summed E-state index contributed by atoms with van der Waals surface area (Å²) in [6, 6.07) is 11.1. The lowest BCUT2D eigenvalue weighted by Gasteiger charge is -2.24. The second-order valence-corrected chi connectivity index (χ2v) is 6.90. The monoisotopic (exact) mass is 306 g/mol. The van der Waals surface area contributed by atoms with E-state index in [1.807, 2.05) is 12.1 Å². The van der Waals surface area contributed by atoms with E-state index in [1.54, 1.807) is 6.07 Å². The smallest absolute Gasteiger partial charge is 0.274 e. The van der Waals surface area contributed by atoms with Crippen molar-refractivity contribution in [1.82, 2.24) is 4.72 Å². The zero-order chi connectivity index (χ0) is 14.9. The van der Waals surface area contributed by atoms with Gasteiger partial charge in [0.25, 0.3) is 10.0 Å². The highest BCUT2D eigenvalue weighted by atomic mass is 32.2. The summed E-state index contributed by atoms with van der Waals surface area (Å²) in [4.78, 5) is 0. The molecule has 6 heteroatoms. The Hall–Kier alpha value is -1.63. The van der Waals surface area contributed by atoms with Crippen molar-refractivity contribution in [2.45, 2.75) is 36.9 Å². The normalized spacial score (nSPS) is 18.4. The first-order chi connectivity index (χ1) is 10.1. The number of furan rings is 1. The van der Waals surface area contributed by atoms with Crippen LogP contribution in [0.25, 0.3) is 0 Å². The molecule has 0 saturated heterocycles. The van der Waals surface area contributed by atoms with Gasteiger partial charge in [-0.15, -0.1) is 0 Å². The second kappa shape index (κ2) is 5.63. The van der Waals surface area contributed by atoms with E-state index in [9.17, 15) is 8.42 Å². The van der Waals surface area contributed by atoms with Crippen LogP contribution in [-0.2, 0) is 29.4 Å². The van der Waals surface area contributed by atoms with Crippen LogP contribution in [0.1, 0.15) is 23.3 Å². The van der Waals surface area contributed by atoms with E-state index >= 15 is 0 Å². The largest absolute Gasteiger partial charge is 0.447 e. The van der Waals surface area contributed by atoms with Gasteiger partial charge < -0.3 is 10.2 Å². The molecule has 3 N–H and O–H groups in total. The van der Waals surface area contributed by atoms with Crippen molar-refractivity contribution < 1.29 is 12.8 Å². The van der Waals surface area contributed by atoms with Gasteiger partial charge in [0.15, 0.2) is 0 Å². The molecule has 0 saturated carbocycles. The Morgan fingerprint density at radius 2 is 1.95 bits per heavy atom. The molecule has 0 fully saturated rings. The van der Waals surface area contributed by atoms with Crippen LogP contribution in [0.15, 0.2) is 45.9 Å². The highest BCUT2D eigenvalue weighted by molar-refractivity contribution is 7.89. The quantitative estimate of drug-likeness (QED) is 0.898. The lowest BCUT2D eigenvalue weighted by molar-refractivity contribution is 0.407. The average Bonchev–Trinajstić information content (AvgIpc) is 2.96. The molecule has 2 aromatic rings. The van der Waals surface area contributed by atoms with Crippen LogP contribution in [0.3, 0.4) is 0 Å². The number of fused-ring (bicyclic) bond motifs is 1. The molecular weight excluding hydrogens is 288 g/mol. The molecule has 0 bridgehead atoms. The summed E-state index contributed by atoms with van der Waals surface area (Å²) in [6.45, 7) is 0.187. The number of benzene rings is 1. The van der Waals surface area contributed by atoms with Crippen molar-refractivity contribution in [3.05, 3.63) is 53.3 Å². The van der Waals surface area contributed by atoms with Gasteiger partial charge in [-0.05, 0) is 42.5 Å². The van der Waals surface area contributed by atoms with Gasteiger partial charge in [-0.25, -0.2) is 13.1 Å². The Kier molecular flexibility index (Phi) is 3.84. The highest BCUT2D eigenvalue weighted by Crippen LogP contribution is 2.23. The van der Waals surface area contributed by atoms with E-state index in [4.69, 9.17) is 10.2 Å². The Balaban J connectivity index is 1.75. The summed E-state index contributed by atoms with van der Waals surface area (Å²) < 4.78 is 32.6. The Morgan fingerprint density at radius 1 is 1.19 bits per heavy atom. The summed E-state index contributed by atoms with van der Waals surface area (Å²) in [5.74, 6) is 0.462. The van der Waals surface area contributed by atoms with E-state index in [2.05, 4.69) is 16.9 Å². The first-order valence-corrected chi connectivity index (χ1v) is 8.45. The minimum Gasteiger partial charge on any atom is -0.447 e. The molecule has 0 spiro atoms. The number of nitrogens with two attached hydrogens (primary N) is 1. The number of hydrogen-bond acceptors (Lipinski definition) is 4. The third kappa shape index (κ3) is 3.02. The fraction of sp³-hybridized carbons (Fsp3) is 0.333. The fourth-order valence-electron chi connectivity index (χ4n) is 2.69. The molecule has 5 nitrogen and oxygen atoms in total. The zero-order valence-corrected chi connectivity index (χ0v) is 12.4. The minimum atomic E-state index is -3.62. The second-order valence-electron chi connectivity index (χ2n) is 5.25. The molecule has 3 rings (SSSR count). The molecule has 1 aromatic carbocycles. The SMILES string of the molecule is NCc1ccc(S(=O)(=O)NC2CCc3ccccc3C2)o1. The number of nitrogens with one attached hydrogen (secondary N) is 1. The fourth-order valence-corrected chi connectivity index (χ4v) is 3.91. The van der Waals surface area contributed by atoms with E-state index in [0.29, 0.717) is 12.2 Å². The predicted molar refractivity (Wildman–Crippen MR) is 79.2 cm³/mol.